The maximum atomic E-state index is 11.5. The molecule has 2 heterocycles. The standard InChI is InChI=1S/C10H17N3O2/c1-13-3-2-8(10(13)15)12-9(14)4-7-5-11-6-7/h7-8,11H,2-6H2,1H3,(H,12,14). The molecule has 5 heteroatoms. The molecule has 2 saturated heterocycles. The summed E-state index contributed by atoms with van der Waals surface area (Å²) in [5.41, 5.74) is 0. The van der Waals surface area contributed by atoms with E-state index >= 15 is 0 Å². The van der Waals surface area contributed by atoms with Crippen LogP contribution in [0.25, 0.3) is 0 Å². The lowest BCUT2D eigenvalue weighted by Gasteiger charge is -2.26. The van der Waals surface area contributed by atoms with E-state index in [0.717, 1.165) is 26.1 Å². The molecule has 2 rings (SSSR count). The van der Waals surface area contributed by atoms with Crippen molar-refractivity contribution in [3.63, 3.8) is 0 Å². The summed E-state index contributed by atoms with van der Waals surface area (Å²) in [5.74, 6) is 0.504. The molecule has 15 heavy (non-hydrogen) atoms. The maximum Gasteiger partial charge on any atom is 0.244 e. The van der Waals surface area contributed by atoms with Gasteiger partial charge in [-0.2, -0.15) is 0 Å². The van der Waals surface area contributed by atoms with Gasteiger partial charge in [0, 0.05) is 20.0 Å². The van der Waals surface area contributed by atoms with Crippen molar-refractivity contribution in [3.05, 3.63) is 0 Å². The molecule has 84 valence electrons. The number of nitrogens with zero attached hydrogens (tertiary/aromatic N) is 1. The smallest absolute Gasteiger partial charge is 0.244 e. The second-order valence-corrected chi connectivity index (χ2v) is 4.40. The fourth-order valence-corrected chi connectivity index (χ4v) is 1.96. The zero-order chi connectivity index (χ0) is 10.8. The molecule has 0 saturated carbocycles. The summed E-state index contributed by atoms with van der Waals surface area (Å²) in [6.07, 6.45) is 1.28. The summed E-state index contributed by atoms with van der Waals surface area (Å²) < 4.78 is 0. The van der Waals surface area contributed by atoms with Gasteiger partial charge < -0.3 is 15.5 Å². The second kappa shape index (κ2) is 4.18. The molecule has 0 radical (unpaired) electrons. The van der Waals surface area contributed by atoms with Gasteiger partial charge in [-0.15, -0.1) is 0 Å². The molecule has 1 unspecified atom stereocenters. The molecule has 0 spiro atoms. The predicted molar refractivity (Wildman–Crippen MR) is 55.2 cm³/mol. The van der Waals surface area contributed by atoms with Crippen LogP contribution in [-0.2, 0) is 9.59 Å². The van der Waals surface area contributed by atoms with Gasteiger partial charge in [0.2, 0.25) is 11.8 Å². The molecular formula is C10H17N3O2. The first-order valence-electron chi connectivity index (χ1n) is 5.42. The first-order valence-corrected chi connectivity index (χ1v) is 5.42. The van der Waals surface area contributed by atoms with Crippen LogP contribution in [0.1, 0.15) is 12.8 Å². The Bertz CT molecular complexity index is 276. The molecule has 0 aromatic heterocycles. The normalized spacial score (nSPS) is 26.6. The van der Waals surface area contributed by atoms with Crippen LogP contribution < -0.4 is 10.6 Å². The van der Waals surface area contributed by atoms with Gasteiger partial charge in [-0.3, -0.25) is 9.59 Å². The number of nitrogens with one attached hydrogen (secondary N) is 2. The lowest BCUT2D eigenvalue weighted by atomic mass is 9.99. The Labute approximate surface area is 89.2 Å². The van der Waals surface area contributed by atoms with E-state index in [9.17, 15) is 9.59 Å². The van der Waals surface area contributed by atoms with Crippen molar-refractivity contribution in [1.29, 1.82) is 0 Å². The average Bonchev–Trinajstić information content (AvgIpc) is 2.43. The molecule has 2 aliphatic rings. The van der Waals surface area contributed by atoms with Crippen molar-refractivity contribution in [2.75, 3.05) is 26.7 Å². The minimum atomic E-state index is -0.282. The largest absolute Gasteiger partial charge is 0.344 e. The number of carbonyl (C=O) groups excluding carboxylic acids is 2. The van der Waals surface area contributed by atoms with Gasteiger partial charge in [0.25, 0.3) is 0 Å². The van der Waals surface area contributed by atoms with E-state index in [-0.39, 0.29) is 17.9 Å². The number of carbonyl (C=O) groups is 2. The topological polar surface area (TPSA) is 61.4 Å². The number of amides is 2. The van der Waals surface area contributed by atoms with Gasteiger partial charge in [-0.05, 0) is 25.4 Å². The molecule has 5 nitrogen and oxygen atoms in total. The molecule has 0 aromatic rings. The van der Waals surface area contributed by atoms with E-state index in [1.807, 2.05) is 0 Å². The van der Waals surface area contributed by atoms with Crippen LogP contribution in [-0.4, -0.2) is 49.4 Å². The molecular weight excluding hydrogens is 194 g/mol. The van der Waals surface area contributed by atoms with E-state index in [0.29, 0.717) is 12.3 Å². The molecule has 2 N–H and O–H groups in total. The SMILES string of the molecule is CN1CCC(NC(=O)CC2CNC2)C1=O. The van der Waals surface area contributed by atoms with Crippen LogP contribution in [0.15, 0.2) is 0 Å². The summed E-state index contributed by atoms with van der Waals surface area (Å²) >= 11 is 0. The third-order valence-electron chi connectivity index (χ3n) is 3.10. The lowest BCUT2D eigenvalue weighted by molar-refractivity contribution is -0.132. The molecule has 2 aliphatic heterocycles. The number of likely N-dealkylation sites (tertiary alicyclic amines) is 1. The summed E-state index contributed by atoms with van der Waals surface area (Å²) in [4.78, 5) is 24.7. The Balaban J connectivity index is 1.76. The summed E-state index contributed by atoms with van der Waals surface area (Å²) in [7, 11) is 1.77. The zero-order valence-electron chi connectivity index (χ0n) is 8.95. The Morgan fingerprint density at radius 3 is 2.80 bits per heavy atom. The predicted octanol–water partition coefficient (Wildman–Crippen LogP) is -1.06. The van der Waals surface area contributed by atoms with E-state index in [4.69, 9.17) is 0 Å². The average molecular weight is 211 g/mol. The van der Waals surface area contributed by atoms with Gasteiger partial charge >= 0.3 is 0 Å². The lowest BCUT2D eigenvalue weighted by Crippen LogP contribution is -2.47. The fraction of sp³-hybridized carbons (Fsp3) is 0.800. The first-order chi connectivity index (χ1) is 7.16. The first kappa shape index (κ1) is 10.4. The van der Waals surface area contributed by atoms with E-state index in [1.54, 1.807) is 11.9 Å². The maximum absolute atomic E-state index is 11.5. The highest BCUT2D eigenvalue weighted by Crippen LogP contribution is 2.11. The van der Waals surface area contributed by atoms with Crippen LogP contribution in [0.2, 0.25) is 0 Å². The number of rotatable bonds is 3. The van der Waals surface area contributed by atoms with E-state index in [1.165, 1.54) is 0 Å². The number of hydrogen-bond donors (Lipinski definition) is 2. The molecule has 0 bridgehead atoms. The summed E-state index contributed by atoms with van der Waals surface area (Å²) in [6.45, 7) is 2.59. The summed E-state index contributed by atoms with van der Waals surface area (Å²) in [5, 5.41) is 5.92. The van der Waals surface area contributed by atoms with Gasteiger partial charge in [0.05, 0.1) is 0 Å². The van der Waals surface area contributed by atoms with Crippen LogP contribution in [0.4, 0.5) is 0 Å². The monoisotopic (exact) mass is 211 g/mol. The van der Waals surface area contributed by atoms with Crippen LogP contribution in [0.3, 0.4) is 0 Å². The van der Waals surface area contributed by atoms with Crippen molar-refractivity contribution in [2.24, 2.45) is 5.92 Å². The molecule has 2 amide bonds. The summed E-state index contributed by atoms with van der Waals surface area (Å²) in [6, 6.07) is -0.282. The van der Waals surface area contributed by atoms with Crippen LogP contribution in [0, 0.1) is 5.92 Å². The number of hydrogen-bond acceptors (Lipinski definition) is 3. The van der Waals surface area contributed by atoms with Gasteiger partial charge in [0.1, 0.15) is 6.04 Å². The molecule has 0 aliphatic carbocycles. The van der Waals surface area contributed by atoms with Crippen molar-refractivity contribution in [2.45, 2.75) is 18.9 Å². The van der Waals surface area contributed by atoms with Gasteiger partial charge in [-0.1, -0.05) is 0 Å². The quantitative estimate of drug-likeness (QED) is 0.626. The molecule has 0 aromatic carbocycles. The minimum Gasteiger partial charge on any atom is -0.344 e. The van der Waals surface area contributed by atoms with Crippen molar-refractivity contribution in [1.82, 2.24) is 15.5 Å². The van der Waals surface area contributed by atoms with Crippen molar-refractivity contribution in [3.8, 4) is 0 Å². The Hall–Kier alpha value is -1.10. The Morgan fingerprint density at radius 2 is 2.33 bits per heavy atom. The third-order valence-corrected chi connectivity index (χ3v) is 3.10. The molecule has 1 atom stereocenters. The highest BCUT2D eigenvalue weighted by Gasteiger charge is 2.31. The van der Waals surface area contributed by atoms with E-state index < -0.39 is 0 Å². The highest BCUT2D eigenvalue weighted by atomic mass is 16.2. The second-order valence-electron chi connectivity index (χ2n) is 4.40. The minimum absolute atomic E-state index is 0.00940. The molecule has 2 fully saturated rings. The van der Waals surface area contributed by atoms with Gasteiger partial charge in [-0.25, -0.2) is 0 Å². The van der Waals surface area contributed by atoms with Crippen LogP contribution in [0.5, 0.6) is 0 Å². The Morgan fingerprint density at radius 1 is 1.60 bits per heavy atom. The fourth-order valence-electron chi connectivity index (χ4n) is 1.96. The Kier molecular flexibility index (Phi) is 2.90. The van der Waals surface area contributed by atoms with Crippen molar-refractivity contribution >= 4 is 11.8 Å². The van der Waals surface area contributed by atoms with E-state index in [2.05, 4.69) is 10.6 Å². The zero-order valence-corrected chi connectivity index (χ0v) is 8.95. The number of likely N-dealkylation sites (N-methyl/N-ethyl adjacent to an activating group) is 1. The van der Waals surface area contributed by atoms with Gasteiger partial charge in [0.15, 0.2) is 0 Å². The third kappa shape index (κ3) is 2.28. The highest BCUT2D eigenvalue weighted by molar-refractivity contribution is 5.89. The van der Waals surface area contributed by atoms with Crippen LogP contribution >= 0.6 is 0 Å². The van der Waals surface area contributed by atoms with Crippen molar-refractivity contribution < 1.29 is 9.59 Å².